The first-order valence-corrected chi connectivity index (χ1v) is 8.61. The van der Waals surface area contributed by atoms with Crippen LogP contribution in [0.5, 0.6) is 0 Å². The van der Waals surface area contributed by atoms with Gasteiger partial charge >= 0.3 is 0 Å². The summed E-state index contributed by atoms with van der Waals surface area (Å²) in [7, 11) is 0. The fourth-order valence-corrected chi connectivity index (χ4v) is 3.91. The van der Waals surface area contributed by atoms with Gasteiger partial charge in [0, 0.05) is 37.7 Å². The molecule has 0 aromatic rings. The van der Waals surface area contributed by atoms with E-state index in [1.165, 1.54) is 82.8 Å². The monoisotopic (exact) mass is 256 g/mol. The summed E-state index contributed by atoms with van der Waals surface area (Å²) in [6.45, 7) is 6.32. The van der Waals surface area contributed by atoms with Gasteiger partial charge in [-0.25, -0.2) is 0 Å². The lowest BCUT2D eigenvalue weighted by Gasteiger charge is -2.26. The third-order valence-corrected chi connectivity index (χ3v) is 5.06. The molecule has 1 aliphatic heterocycles. The number of thioether (sulfide) groups is 1. The predicted molar refractivity (Wildman–Crippen MR) is 77.8 cm³/mol. The predicted octanol–water partition coefficient (Wildman–Crippen LogP) is 2.60. The molecular formula is C14H28N2S. The topological polar surface area (TPSA) is 15.3 Å². The molecular weight excluding hydrogens is 228 g/mol. The molecule has 2 aliphatic rings. The fraction of sp³-hybridized carbons (Fsp3) is 1.00. The van der Waals surface area contributed by atoms with Crippen molar-refractivity contribution in [1.29, 1.82) is 0 Å². The zero-order chi connectivity index (χ0) is 11.8. The molecule has 1 heterocycles. The van der Waals surface area contributed by atoms with Gasteiger partial charge < -0.3 is 10.2 Å². The van der Waals surface area contributed by atoms with Gasteiger partial charge in [-0.1, -0.05) is 25.7 Å². The van der Waals surface area contributed by atoms with E-state index in [-0.39, 0.29) is 0 Å². The van der Waals surface area contributed by atoms with Crippen LogP contribution in [0.15, 0.2) is 0 Å². The lowest BCUT2D eigenvalue weighted by Crippen LogP contribution is -2.38. The summed E-state index contributed by atoms with van der Waals surface area (Å²) in [4.78, 5) is 2.61. The SMILES string of the molecule is C1CCCC(CNCCN2CCSCC2)CC1. The van der Waals surface area contributed by atoms with E-state index in [0.29, 0.717) is 0 Å². The van der Waals surface area contributed by atoms with Crippen molar-refractivity contribution in [3.8, 4) is 0 Å². The van der Waals surface area contributed by atoms with Crippen LogP contribution in [0.4, 0.5) is 0 Å². The molecule has 17 heavy (non-hydrogen) atoms. The third-order valence-electron chi connectivity index (χ3n) is 4.12. The van der Waals surface area contributed by atoms with Gasteiger partial charge in [-0.2, -0.15) is 11.8 Å². The van der Waals surface area contributed by atoms with Crippen molar-refractivity contribution < 1.29 is 0 Å². The molecule has 0 unspecified atom stereocenters. The average Bonchev–Trinajstić information content (AvgIpc) is 2.65. The highest BCUT2D eigenvalue weighted by molar-refractivity contribution is 7.99. The summed E-state index contributed by atoms with van der Waals surface area (Å²) in [6.07, 6.45) is 8.82. The van der Waals surface area contributed by atoms with E-state index in [0.717, 1.165) is 5.92 Å². The van der Waals surface area contributed by atoms with Crippen LogP contribution in [0, 0.1) is 5.92 Å². The van der Waals surface area contributed by atoms with Gasteiger partial charge in [-0.05, 0) is 25.3 Å². The molecule has 2 rings (SSSR count). The van der Waals surface area contributed by atoms with Crippen molar-refractivity contribution in [2.45, 2.75) is 38.5 Å². The molecule has 0 atom stereocenters. The highest BCUT2D eigenvalue weighted by Crippen LogP contribution is 2.21. The van der Waals surface area contributed by atoms with E-state index in [4.69, 9.17) is 0 Å². The van der Waals surface area contributed by atoms with Crippen LogP contribution in [-0.2, 0) is 0 Å². The average molecular weight is 256 g/mol. The summed E-state index contributed by atoms with van der Waals surface area (Å²) in [5.41, 5.74) is 0. The Hall–Kier alpha value is 0.270. The molecule has 2 fully saturated rings. The Morgan fingerprint density at radius 2 is 1.71 bits per heavy atom. The molecule has 0 spiro atoms. The Morgan fingerprint density at radius 1 is 1.00 bits per heavy atom. The molecule has 3 heteroatoms. The Kier molecular flexibility index (Phi) is 6.76. The third kappa shape index (κ3) is 5.62. The first-order valence-electron chi connectivity index (χ1n) is 7.46. The summed E-state index contributed by atoms with van der Waals surface area (Å²) < 4.78 is 0. The molecule has 1 aliphatic carbocycles. The van der Waals surface area contributed by atoms with Crippen molar-refractivity contribution in [3.05, 3.63) is 0 Å². The lowest BCUT2D eigenvalue weighted by molar-refractivity contribution is 0.295. The second kappa shape index (κ2) is 8.39. The lowest BCUT2D eigenvalue weighted by atomic mass is 10.0. The van der Waals surface area contributed by atoms with Crippen LogP contribution < -0.4 is 5.32 Å². The van der Waals surface area contributed by atoms with Gasteiger partial charge in [0.1, 0.15) is 0 Å². The molecule has 1 saturated carbocycles. The second-order valence-corrected chi connectivity index (χ2v) is 6.74. The van der Waals surface area contributed by atoms with E-state index in [9.17, 15) is 0 Å². The van der Waals surface area contributed by atoms with E-state index in [1.54, 1.807) is 0 Å². The minimum absolute atomic E-state index is 0.967. The second-order valence-electron chi connectivity index (χ2n) is 5.52. The number of rotatable bonds is 5. The van der Waals surface area contributed by atoms with Crippen LogP contribution in [0.25, 0.3) is 0 Å². The zero-order valence-electron chi connectivity index (χ0n) is 11.1. The molecule has 100 valence electrons. The number of nitrogens with zero attached hydrogens (tertiary/aromatic N) is 1. The van der Waals surface area contributed by atoms with Gasteiger partial charge in [0.05, 0.1) is 0 Å². The van der Waals surface area contributed by atoms with Gasteiger partial charge in [0.25, 0.3) is 0 Å². The minimum Gasteiger partial charge on any atom is -0.315 e. The maximum absolute atomic E-state index is 3.68. The Bertz CT molecular complexity index is 185. The Labute approximate surface area is 111 Å². The van der Waals surface area contributed by atoms with Gasteiger partial charge in [-0.3, -0.25) is 0 Å². The van der Waals surface area contributed by atoms with E-state index in [2.05, 4.69) is 22.0 Å². The molecule has 0 amide bonds. The van der Waals surface area contributed by atoms with Crippen molar-refractivity contribution >= 4 is 11.8 Å². The summed E-state index contributed by atoms with van der Waals surface area (Å²) in [5, 5.41) is 3.68. The van der Waals surface area contributed by atoms with Crippen molar-refractivity contribution in [3.63, 3.8) is 0 Å². The number of nitrogens with one attached hydrogen (secondary N) is 1. The summed E-state index contributed by atoms with van der Waals surface area (Å²) in [6, 6.07) is 0. The van der Waals surface area contributed by atoms with Crippen LogP contribution in [0.3, 0.4) is 0 Å². The molecule has 0 bridgehead atoms. The maximum Gasteiger partial charge on any atom is 0.0107 e. The van der Waals surface area contributed by atoms with Crippen LogP contribution in [0.2, 0.25) is 0 Å². The van der Waals surface area contributed by atoms with Crippen molar-refractivity contribution in [2.75, 3.05) is 44.2 Å². The van der Waals surface area contributed by atoms with Crippen molar-refractivity contribution in [1.82, 2.24) is 10.2 Å². The van der Waals surface area contributed by atoms with Crippen LogP contribution >= 0.6 is 11.8 Å². The fourth-order valence-electron chi connectivity index (χ4n) is 2.94. The molecule has 0 aromatic carbocycles. The van der Waals surface area contributed by atoms with Crippen LogP contribution in [-0.4, -0.2) is 49.1 Å². The molecule has 2 nitrogen and oxygen atoms in total. The maximum atomic E-state index is 3.68. The largest absolute Gasteiger partial charge is 0.315 e. The molecule has 1 N–H and O–H groups in total. The molecule has 0 aromatic heterocycles. The van der Waals surface area contributed by atoms with E-state index in [1.807, 2.05) is 0 Å². The standard InChI is InChI=1S/C14H28N2S/c1-2-4-6-14(5-3-1)13-15-7-8-16-9-11-17-12-10-16/h14-15H,1-13H2. The zero-order valence-corrected chi connectivity index (χ0v) is 11.9. The van der Waals surface area contributed by atoms with E-state index >= 15 is 0 Å². The van der Waals surface area contributed by atoms with Crippen molar-refractivity contribution in [2.24, 2.45) is 5.92 Å². The summed E-state index contributed by atoms with van der Waals surface area (Å²) >= 11 is 2.10. The van der Waals surface area contributed by atoms with E-state index < -0.39 is 0 Å². The smallest absolute Gasteiger partial charge is 0.0107 e. The minimum atomic E-state index is 0.967. The highest BCUT2D eigenvalue weighted by atomic mass is 32.2. The van der Waals surface area contributed by atoms with Gasteiger partial charge in [-0.15, -0.1) is 0 Å². The number of hydrogen-bond donors (Lipinski definition) is 1. The first kappa shape index (κ1) is 13.7. The highest BCUT2D eigenvalue weighted by Gasteiger charge is 2.12. The Morgan fingerprint density at radius 3 is 2.41 bits per heavy atom. The summed E-state index contributed by atoms with van der Waals surface area (Å²) in [5.74, 6) is 3.64. The van der Waals surface area contributed by atoms with Gasteiger partial charge in [0.15, 0.2) is 0 Å². The molecule has 0 radical (unpaired) electrons. The first-order chi connectivity index (χ1) is 8.45. The van der Waals surface area contributed by atoms with Crippen LogP contribution in [0.1, 0.15) is 38.5 Å². The number of hydrogen-bond acceptors (Lipinski definition) is 3. The van der Waals surface area contributed by atoms with Gasteiger partial charge in [0.2, 0.25) is 0 Å². The Balaban J connectivity index is 1.49. The normalized spacial score (nSPS) is 24.7. The quantitative estimate of drug-likeness (QED) is 0.601. The molecule has 1 saturated heterocycles.